The van der Waals surface area contributed by atoms with Crippen molar-refractivity contribution < 1.29 is 13.9 Å². The van der Waals surface area contributed by atoms with Crippen molar-refractivity contribution in [3.8, 4) is 11.5 Å². The van der Waals surface area contributed by atoms with Gasteiger partial charge in [-0.1, -0.05) is 12.1 Å². The lowest BCUT2D eigenvalue weighted by Crippen LogP contribution is -2.12. The van der Waals surface area contributed by atoms with Crippen molar-refractivity contribution in [3.05, 3.63) is 52.8 Å². The SMILES string of the molecule is CCOc1ccccc1OCCNc1cc(F)ccc1Br. The highest BCUT2D eigenvalue weighted by Gasteiger charge is 2.04. The maximum absolute atomic E-state index is 13.2. The summed E-state index contributed by atoms with van der Waals surface area (Å²) < 4.78 is 25.1. The fourth-order valence-corrected chi connectivity index (χ4v) is 2.21. The molecule has 0 saturated heterocycles. The first-order valence-electron chi connectivity index (χ1n) is 6.74. The molecule has 3 nitrogen and oxygen atoms in total. The van der Waals surface area contributed by atoms with Gasteiger partial charge in [0.2, 0.25) is 0 Å². The van der Waals surface area contributed by atoms with Gasteiger partial charge in [-0.15, -0.1) is 0 Å². The number of hydrogen-bond acceptors (Lipinski definition) is 3. The van der Waals surface area contributed by atoms with Gasteiger partial charge < -0.3 is 14.8 Å². The Morgan fingerprint density at radius 1 is 1.10 bits per heavy atom. The van der Waals surface area contributed by atoms with Crippen molar-refractivity contribution in [2.45, 2.75) is 6.92 Å². The predicted molar refractivity (Wildman–Crippen MR) is 85.7 cm³/mol. The summed E-state index contributed by atoms with van der Waals surface area (Å²) in [4.78, 5) is 0. The van der Waals surface area contributed by atoms with E-state index in [2.05, 4.69) is 21.2 Å². The van der Waals surface area contributed by atoms with E-state index in [1.54, 1.807) is 6.07 Å². The number of para-hydroxylation sites is 2. The molecule has 0 radical (unpaired) electrons. The van der Waals surface area contributed by atoms with Crippen LogP contribution in [0.5, 0.6) is 11.5 Å². The van der Waals surface area contributed by atoms with Crippen molar-refractivity contribution in [1.29, 1.82) is 0 Å². The molecule has 0 spiro atoms. The van der Waals surface area contributed by atoms with E-state index in [1.807, 2.05) is 31.2 Å². The van der Waals surface area contributed by atoms with Crippen molar-refractivity contribution in [2.75, 3.05) is 25.1 Å². The van der Waals surface area contributed by atoms with E-state index in [9.17, 15) is 4.39 Å². The molecule has 2 rings (SSSR count). The average Bonchev–Trinajstić information content (AvgIpc) is 2.49. The summed E-state index contributed by atoms with van der Waals surface area (Å²) in [7, 11) is 0. The van der Waals surface area contributed by atoms with Gasteiger partial charge in [-0.05, 0) is 53.2 Å². The molecule has 2 aromatic carbocycles. The largest absolute Gasteiger partial charge is 0.490 e. The maximum Gasteiger partial charge on any atom is 0.161 e. The molecule has 0 unspecified atom stereocenters. The molecular weight excluding hydrogens is 337 g/mol. The second-order valence-electron chi connectivity index (χ2n) is 4.28. The highest BCUT2D eigenvalue weighted by atomic mass is 79.9. The first-order chi connectivity index (χ1) is 10.2. The fourth-order valence-electron chi connectivity index (χ4n) is 1.82. The number of ether oxygens (including phenoxy) is 2. The lowest BCUT2D eigenvalue weighted by atomic mass is 10.3. The van der Waals surface area contributed by atoms with Crippen molar-refractivity contribution in [1.82, 2.24) is 0 Å². The van der Waals surface area contributed by atoms with Gasteiger partial charge in [0.25, 0.3) is 0 Å². The molecule has 0 aliphatic heterocycles. The third-order valence-corrected chi connectivity index (χ3v) is 3.44. The zero-order chi connectivity index (χ0) is 15.1. The molecule has 0 aromatic heterocycles. The lowest BCUT2D eigenvalue weighted by molar-refractivity contribution is 0.284. The van der Waals surface area contributed by atoms with Crippen LogP contribution in [-0.4, -0.2) is 19.8 Å². The third-order valence-electron chi connectivity index (χ3n) is 2.75. The van der Waals surface area contributed by atoms with Crippen LogP contribution in [0.3, 0.4) is 0 Å². The standard InChI is InChI=1S/C16H17BrFNO2/c1-2-20-15-5-3-4-6-16(15)21-10-9-19-14-11-12(18)7-8-13(14)17/h3-8,11,19H,2,9-10H2,1H3. The normalized spacial score (nSPS) is 10.2. The van der Waals surface area contributed by atoms with E-state index < -0.39 is 0 Å². The number of halogens is 2. The number of nitrogens with one attached hydrogen (secondary N) is 1. The Bertz CT molecular complexity index is 592. The smallest absolute Gasteiger partial charge is 0.161 e. The molecule has 0 aliphatic carbocycles. The van der Waals surface area contributed by atoms with Crippen LogP contribution in [0.2, 0.25) is 0 Å². The predicted octanol–water partition coefficient (Wildman–Crippen LogP) is 4.48. The fraction of sp³-hybridized carbons (Fsp3) is 0.250. The van der Waals surface area contributed by atoms with Gasteiger partial charge in [0.15, 0.2) is 11.5 Å². The quantitative estimate of drug-likeness (QED) is 0.744. The van der Waals surface area contributed by atoms with Gasteiger partial charge >= 0.3 is 0 Å². The number of hydrogen-bond donors (Lipinski definition) is 1. The molecule has 112 valence electrons. The van der Waals surface area contributed by atoms with Crippen LogP contribution in [0.1, 0.15) is 6.92 Å². The average molecular weight is 354 g/mol. The summed E-state index contributed by atoms with van der Waals surface area (Å²) in [5.41, 5.74) is 0.705. The Labute approximate surface area is 132 Å². The summed E-state index contributed by atoms with van der Waals surface area (Å²) in [6.45, 7) is 3.53. The first-order valence-corrected chi connectivity index (χ1v) is 7.53. The topological polar surface area (TPSA) is 30.5 Å². The van der Waals surface area contributed by atoms with Gasteiger partial charge in [-0.3, -0.25) is 0 Å². The molecule has 0 heterocycles. The van der Waals surface area contributed by atoms with Crippen LogP contribution in [0.15, 0.2) is 46.9 Å². The Kier molecular flexibility index (Phi) is 5.87. The van der Waals surface area contributed by atoms with Crippen molar-refractivity contribution in [2.24, 2.45) is 0 Å². The molecule has 0 saturated carbocycles. The highest BCUT2D eigenvalue weighted by molar-refractivity contribution is 9.10. The van der Waals surface area contributed by atoms with Gasteiger partial charge in [0, 0.05) is 11.0 Å². The monoisotopic (exact) mass is 353 g/mol. The van der Waals surface area contributed by atoms with Crippen LogP contribution in [0, 0.1) is 5.82 Å². The molecule has 1 N–H and O–H groups in total. The summed E-state index contributed by atoms with van der Waals surface area (Å²) in [5.74, 6) is 1.16. The second kappa shape index (κ2) is 7.88. The maximum atomic E-state index is 13.2. The molecule has 21 heavy (non-hydrogen) atoms. The highest BCUT2D eigenvalue weighted by Crippen LogP contribution is 2.26. The van der Waals surface area contributed by atoms with Crippen molar-refractivity contribution in [3.63, 3.8) is 0 Å². The molecule has 5 heteroatoms. The second-order valence-corrected chi connectivity index (χ2v) is 5.13. The van der Waals surface area contributed by atoms with Crippen LogP contribution in [0.4, 0.5) is 10.1 Å². The zero-order valence-electron chi connectivity index (χ0n) is 11.7. The van der Waals surface area contributed by atoms with E-state index in [0.29, 0.717) is 31.2 Å². The van der Waals surface area contributed by atoms with E-state index in [4.69, 9.17) is 9.47 Å². The molecule has 0 atom stereocenters. The third kappa shape index (κ3) is 4.63. The summed E-state index contributed by atoms with van der Waals surface area (Å²) in [5, 5.41) is 3.12. The Hall–Kier alpha value is -1.75. The summed E-state index contributed by atoms with van der Waals surface area (Å²) in [6, 6.07) is 12.1. The van der Waals surface area contributed by atoms with Crippen LogP contribution in [-0.2, 0) is 0 Å². The molecule has 2 aromatic rings. The van der Waals surface area contributed by atoms with Gasteiger partial charge in [0.1, 0.15) is 12.4 Å². The van der Waals surface area contributed by atoms with E-state index in [0.717, 1.165) is 10.2 Å². The first kappa shape index (κ1) is 15.6. The van der Waals surface area contributed by atoms with Crippen LogP contribution < -0.4 is 14.8 Å². The zero-order valence-corrected chi connectivity index (χ0v) is 13.3. The number of benzene rings is 2. The molecule has 0 amide bonds. The number of rotatable bonds is 7. The minimum Gasteiger partial charge on any atom is -0.490 e. The molecule has 0 bridgehead atoms. The molecular formula is C16H17BrFNO2. The molecule has 0 fully saturated rings. The Morgan fingerprint density at radius 2 is 1.81 bits per heavy atom. The summed E-state index contributed by atoms with van der Waals surface area (Å²) in [6.07, 6.45) is 0. The number of anilines is 1. The van der Waals surface area contributed by atoms with E-state index >= 15 is 0 Å². The van der Waals surface area contributed by atoms with E-state index in [-0.39, 0.29) is 5.82 Å². The van der Waals surface area contributed by atoms with E-state index in [1.165, 1.54) is 12.1 Å². The van der Waals surface area contributed by atoms with Crippen LogP contribution in [0.25, 0.3) is 0 Å². The minimum atomic E-state index is -0.275. The Morgan fingerprint density at radius 3 is 2.52 bits per heavy atom. The molecule has 0 aliphatic rings. The van der Waals surface area contributed by atoms with Gasteiger partial charge in [0.05, 0.1) is 12.3 Å². The Balaban J connectivity index is 1.86. The summed E-state index contributed by atoms with van der Waals surface area (Å²) >= 11 is 3.37. The van der Waals surface area contributed by atoms with Gasteiger partial charge in [-0.2, -0.15) is 0 Å². The van der Waals surface area contributed by atoms with Gasteiger partial charge in [-0.25, -0.2) is 4.39 Å². The lowest BCUT2D eigenvalue weighted by Gasteiger charge is -2.13. The van der Waals surface area contributed by atoms with Crippen LogP contribution >= 0.6 is 15.9 Å². The van der Waals surface area contributed by atoms with Crippen molar-refractivity contribution >= 4 is 21.6 Å². The minimum absolute atomic E-state index is 0.275.